The molecule has 0 aliphatic heterocycles. The van der Waals surface area contributed by atoms with Crippen LogP contribution in [0.25, 0.3) is 0 Å². The molecule has 0 atom stereocenters. The number of nitrogens with two attached hydrogens (primary N) is 1. The molecule has 9 heteroatoms. The van der Waals surface area contributed by atoms with E-state index in [2.05, 4.69) is 39.8 Å². The van der Waals surface area contributed by atoms with E-state index in [1.165, 1.54) is 17.4 Å². The molecule has 2 rings (SSSR count). The summed E-state index contributed by atoms with van der Waals surface area (Å²) in [4.78, 5) is 24.6. The first-order valence-electron chi connectivity index (χ1n) is 7.27. The first kappa shape index (κ1) is 18.3. The molecule has 1 aromatic carbocycles. The molecule has 0 saturated carbocycles. The summed E-state index contributed by atoms with van der Waals surface area (Å²) < 4.78 is 0.910. The molecule has 1 amide bonds. The topological polar surface area (TPSA) is 103 Å². The number of nitrogens with zero attached hydrogens (tertiary/aromatic N) is 3. The summed E-state index contributed by atoms with van der Waals surface area (Å²) in [5.41, 5.74) is 1.03. The fourth-order valence-electron chi connectivity index (χ4n) is 1.74. The zero-order valence-electron chi connectivity index (χ0n) is 13.5. The van der Waals surface area contributed by atoms with Crippen molar-refractivity contribution in [2.24, 2.45) is 0 Å². The second kappa shape index (κ2) is 8.74. The molecule has 0 unspecified atom stereocenters. The van der Waals surface area contributed by atoms with E-state index in [-0.39, 0.29) is 22.5 Å². The number of benzene rings is 1. The third-order valence-corrected chi connectivity index (χ3v) is 5.02. The third-order valence-electron chi connectivity index (χ3n) is 3.07. The molecule has 1 heterocycles. The maximum absolute atomic E-state index is 11.8. The lowest BCUT2D eigenvalue weighted by molar-refractivity contribution is -0.118. The summed E-state index contributed by atoms with van der Waals surface area (Å²) in [6.45, 7) is 4.14. The Morgan fingerprint density at radius 2 is 1.92 bits per heavy atom. The van der Waals surface area contributed by atoms with Crippen LogP contribution in [0.4, 0.5) is 0 Å². The Hall–Kier alpha value is -2.00. The van der Waals surface area contributed by atoms with Gasteiger partial charge in [-0.1, -0.05) is 29.5 Å². The summed E-state index contributed by atoms with van der Waals surface area (Å²) in [6, 6.07) is 8.25. The summed E-state index contributed by atoms with van der Waals surface area (Å²) in [7, 11) is 0. The fraction of sp³-hybridized carbons (Fsp3) is 0.333. The Labute approximate surface area is 148 Å². The van der Waals surface area contributed by atoms with Crippen LogP contribution in [0.2, 0.25) is 0 Å². The molecule has 2 aromatic rings. The van der Waals surface area contributed by atoms with E-state index in [0.717, 1.165) is 22.2 Å². The van der Waals surface area contributed by atoms with E-state index < -0.39 is 5.56 Å². The van der Waals surface area contributed by atoms with Gasteiger partial charge in [0.1, 0.15) is 5.69 Å². The average molecular weight is 365 g/mol. The van der Waals surface area contributed by atoms with E-state index in [0.29, 0.717) is 6.54 Å². The Kier molecular flexibility index (Phi) is 6.68. The van der Waals surface area contributed by atoms with Crippen molar-refractivity contribution in [3.63, 3.8) is 0 Å². The van der Waals surface area contributed by atoms with Gasteiger partial charge in [0.25, 0.3) is 5.56 Å². The van der Waals surface area contributed by atoms with Crippen molar-refractivity contribution in [2.45, 2.75) is 23.9 Å². The lowest BCUT2D eigenvalue weighted by Crippen LogP contribution is -2.33. The van der Waals surface area contributed by atoms with E-state index in [1.54, 1.807) is 11.8 Å². The number of hydrogen-bond acceptors (Lipinski definition) is 7. The highest BCUT2D eigenvalue weighted by atomic mass is 32.2. The standard InChI is InChI=1S/C15H19N5O2S2/c1-10-3-5-12(6-4-10)23-8-7-17-13(21)9-24-15-19-18-11(2)14(22)20(15)16/h3-6H,7-9,16H2,1-2H3,(H,17,21). The number of aryl methyl sites for hydroxylation is 2. The molecule has 0 aliphatic rings. The number of carbonyl (C=O) groups excluding carboxylic acids is 1. The van der Waals surface area contributed by atoms with E-state index in [4.69, 9.17) is 5.84 Å². The molecule has 0 radical (unpaired) electrons. The number of rotatable bonds is 7. The molecular formula is C15H19N5O2S2. The predicted octanol–water partition coefficient (Wildman–Crippen LogP) is 0.970. The van der Waals surface area contributed by atoms with Crippen LogP contribution >= 0.6 is 23.5 Å². The van der Waals surface area contributed by atoms with Crippen molar-refractivity contribution in [1.29, 1.82) is 0 Å². The van der Waals surface area contributed by atoms with Crippen LogP contribution in [0.3, 0.4) is 0 Å². The van der Waals surface area contributed by atoms with Gasteiger partial charge < -0.3 is 11.2 Å². The van der Waals surface area contributed by atoms with Crippen LogP contribution in [0.1, 0.15) is 11.3 Å². The first-order chi connectivity index (χ1) is 11.5. The maximum atomic E-state index is 11.8. The molecule has 0 aliphatic carbocycles. The largest absolute Gasteiger partial charge is 0.355 e. The van der Waals surface area contributed by atoms with E-state index >= 15 is 0 Å². The van der Waals surface area contributed by atoms with Gasteiger partial charge in [0.05, 0.1) is 5.75 Å². The number of carbonyl (C=O) groups is 1. The van der Waals surface area contributed by atoms with Crippen LogP contribution < -0.4 is 16.7 Å². The number of nitrogen functional groups attached to an aromatic ring is 1. The van der Waals surface area contributed by atoms with Crippen LogP contribution in [0, 0.1) is 13.8 Å². The van der Waals surface area contributed by atoms with Crippen molar-refractivity contribution in [2.75, 3.05) is 23.9 Å². The molecule has 0 fully saturated rings. The van der Waals surface area contributed by atoms with E-state index in [9.17, 15) is 9.59 Å². The van der Waals surface area contributed by atoms with Crippen LogP contribution in [0.15, 0.2) is 39.1 Å². The molecule has 24 heavy (non-hydrogen) atoms. The van der Waals surface area contributed by atoms with Gasteiger partial charge in [0.2, 0.25) is 11.1 Å². The quantitative estimate of drug-likeness (QED) is 0.428. The van der Waals surface area contributed by atoms with Gasteiger partial charge in [0, 0.05) is 17.2 Å². The highest BCUT2D eigenvalue weighted by Gasteiger charge is 2.10. The number of aromatic nitrogens is 3. The van der Waals surface area contributed by atoms with Gasteiger partial charge >= 0.3 is 0 Å². The smallest absolute Gasteiger partial charge is 0.294 e. The van der Waals surface area contributed by atoms with Crippen molar-refractivity contribution in [1.82, 2.24) is 20.2 Å². The highest BCUT2D eigenvalue weighted by Crippen LogP contribution is 2.17. The lowest BCUT2D eigenvalue weighted by Gasteiger charge is -2.07. The SMILES string of the molecule is Cc1ccc(SCCNC(=O)CSc2nnc(C)c(=O)n2N)cc1. The van der Waals surface area contributed by atoms with Crippen LogP contribution in [-0.2, 0) is 4.79 Å². The minimum Gasteiger partial charge on any atom is -0.355 e. The Bertz CT molecular complexity index is 761. The molecule has 128 valence electrons. The van der Waals surface area contributed by atoms with Crippen molar-refractivity contribution in [3.8, 4) is 0 Å². The van der Waals surface area contributed by atoms with Gasteiger partial charge in [-0.15, -0.1) is 22.0 Å². The summed E-state index contributed by atoms with van der Waals surface area (Å²) >= 11 is 2.76. The summed E-state index contributed by atoms with van der Waals surface area (Å²) in [5.74, 6) is 6.38. The van der Waals surface area contributed by atoms with Gasteiger partial charge in [-0.25, -0.2) is 0 Å². The molecule has 1 aromatic heterocycles. The minimum absolute atomic E-state index is 0.129. The normalized spacial score (nSPS) is 10.6. The molecule has 0 bridgehead atoms. The van der Waals surface area contributed by atoms with Crippen LogP contribution in [-0.4, -0.2) is 38.8 Å². The fourth-order valence-corrected chi connectivity index (χ4v) is 3.19. The number of thioether (sulfide) groups is 2. The number of hydrogen-bond donors (Lipinski definition) is 2. The molecule has 7 nitrogen and oxygen atoms in total. The van der Waals surface area contributed by atoms with Gasteiger partial charge in [-0.05, 0) is 26.0 Å². The van der Waals surface area contributed by atoms with E-state index in [1.807, 2.05) is 6.92 Å². The Morgan fingerprint density at radius 3 is 2.62 bits per heavy atom. The van der Waals surface area contributed by atoms with Crippen molar-refractivity contribution >= 4 is 29.4 Å². The third kappa shape index (κ3) is 5.27. The zero-order chi connectivity index (χ0) is 17.5. The average Bonchev–Trinajstić information content (AvgIpc) is 2.57. The second-order valence-electron chi connectivity index (χ2n) is 5.04. The highest BCUT2D eigenvalue weighted by molar-refractivity contribution is 7.99. The van der Waals surface area contributed by atoms with Gasteiger partial charge in [-0.3, -0.25) is 9.59 Å². The maximum Gasteiger partial charge on any atom is 0.294 e. The Balaban J connectivity index is 1.71. The Morgan fingerprint density at radius 1 is 1.21 bits per heavy atom. The summed E-state index contributed by atoms with van der Waals surface area (Å²) in [6.07, 6.45) is 0. The monoisotopic (exact) mass is 365 g/mol. The molecule has 0 saturated heterocycles. The van der Waals surface area contributed by atoms with Crippen molar-refractivity contribution < 1.29 is 4.79 Å². The summed E-state index contributed by atoms with van der Waals surface area (Å²) in [5, 5.41) is 10.6. The first-order valence-corrected chi connectivity index (χ1v) is 9.25. The zero-order valence-corrected chi connectivity index (χ0v) is 15.1. The molecule has 3 N–H and O–H groups in total. The number of amides is 1. The lowest BCUT2D eigenvalue weighted by atomic mass is 10.2. The van der Waals surface area contributed by atoms with Gasteiger partial charge in [0.15, 0.2) is 0 Å². The second-order valence-corrected chi connectivity index (χ2v) is 7.15. The molecule has 0 spiro atoms. The van der Waals surface area contributed by atoms with Crippen molar-refractivity contribution in [3.05, 3.63) is 45.9 Å². The predicted molar refractivity (Wildman–Crippen MR) is 96.8 cm³/mol. The van der Waals surface area contributed by atoms with Crippen LogP contribution in [0.5, 0.6) is 0 Å². The van der Waals surface area contributed by atoms with Gasteiger partial charge in [-0.2, -0.15) is 4.68 Å². The number of nitrogens with one attached hydrogen (secondary N) is 1. The molecular weight excluding hydrogens is 346 g/mol. The minimum atomic E-state index is -0.414.